The first-order valence-electron chi connectivity index (χ1n) is 13.2. The van der Waals surface area contributed by atoms with Gasteiger partial charge in [-0.05, 0) is 46.0 Å². The second-order valence-corrected chi connectivity index (χ2v) is 11.9. The first-order chi connectivity index (χ1) is 18.9. The molecular formula is C35H28N2OS. The highest BCUT2D eigenvalue weighted by atomic mass is 32.1. The van der Waals surface area contributed by atoms with Crippen molar-refractivity contribution in [2.75, 3.05) is 0 Å². The molecule has 0 amide bonds. The van der Waals surface area contributed by atoms with Gasteiger partial charge >= 0.3 is 0 Å². The Morgan fingerprint density at radius 2 is 1.31 bits per heavy atom. The van der Waals surface area contributed by atoms with Gasteiger partial charge in [-0.2, -0.15) is 0 Å². The third-order valence-electron chi connectivity index (χ3n) is 7.58. The largest absolute Gasteiger partial charge is 0.505 e. The van der Waals surface area contributed by atoms with Crippen molar-refractivity contribution in [3.8, 4) is 33.3 Å². The van der Waals surface area contributed by atoms with Crippen LogP contribution in [0.5, 0.6) is 5.75 Å². The second-order valence-electron chi connectivity index (χ2n) is 11.1. The molecule has 2 aromatic heterocycles. The number of aromatic nitrogens is 2. The lowest BCUT2D eigenvalue weighted by molar-refractivity contribution is 0.473. The molecule has 0 bridgehead atoms. The fourth-order valence-electron chi connectivity index (χ4n) is 5.53. The van der Waals surface area contributed by atoms with Crippen LogP contribution in [0, 0.1) is 0 Å². The summed E-state index contributed by atoms with van der Waals surface area (Å²) >= 11 is 1.61. The van der Waals surface area contributed by atoms with Gasteiger partial charge in [0.15, 0.2) is 0 Å². The molecule has 0 unspecified atom stereocenters. The van der Waals surface area contributed by atoms with Gasteiger partial charge in [-0.3, -0.25) is 0 Å². The average molecular weight is 525 g/mol. The number of hydrogen-bond acceptors (Lipinski definition) is 3. The SMILES string of the molecule is CC(C)(C)c1cc(-c2csc(-c3cccc4ccccc34)n2)c(O)c(-n2c3ccccc3c3ccccc32)c1. The van der Waals surface area contributed by atoms with Crippen LogP contribution in [-0.4, -0.2) is 14.7 Å². The summed E-state index contributed by atoms with van der Waals surface area (Å²) < 4.78 is 2.19. The Morgan fingerprint density at radius 3 is 2.00 bits per heavy atom. The van der Waals surface area contributed by atoms with Crippen molar-refractivity contribution in [1.29, 1.82) is 0 Å². The number of benzene rings is 5. The molecule has 0 atom stereocenters. The molecule has 0 fully saturated rings. The molecule has 39 heavy (non-hydrogen) atoms. The fraction of sp³-hybridized carbons (Fsp3) is 0.114. The van der Waals surface area contributed by atoms with Crippen LogP contribution in [0.4, 0.5) is 0 Å². The molecule has 0 saturated heterocycles. The molecule has 0 aliphatic rings. The van der Waals surface area contributed by atoms with Gasteiger partial charge in [-0.15, -0.1) is 11.3 Å². The molecule has 0 aliphatic carbocycles. The summed E-state index contributed by atoms with van der Waals surface area (Å²) in [5, 5.41) is 19.6. The summed E-state index contributed by atoms with van der Waals surface area (Å²) in [6.45, 7) is 6.63. The standard InChI is InChI=1S/C35H28N2OS/c1-35(2,3)23-19-28(29-21-39-34(36-29)27-16-10-12-22-11-4-5-13-24(22)27)33(38)32(20-23)37-30-17-8-6-14-25(30)26-15-7-9-18-31(26)37/h4-21,38H,1-3H3. The predicted molar refractivity (Wildman–Crippen MR) is 165 cm³/mol. The highest BCUT2D eigenvalue weighted by Crippen LogP contribution is 2.43. The molecule has 0 radical (unpaired) electrons. The van der Waals surface area contributed by atoms with Crippen molar-refractivity contribution < 1.29 is 5.11 Å². The summed E-state index contributed by atoms with van der Waals surface area (Å²) in [5.74, 6) is 0.240. The quantitative estimate of drug-likeness (QED) is 0.250. The van der Waals surface area contributed by atoms with Crippen LogP contribution in [0.2, 0.25) is 0 Å². The second kappa shape index (κ2) is 8.82. The van der Waals surface area contributed by atoms with E-state index in [0.29, 0.717) is 0 Å². The number of thiazole rings is 1. The van der Waals surface area contributed by atoms with Gasteiger partial charge in [0.25, 0.3) is 0 Å². The van der Waals surface area contributed by atoms with Crippen molar-refractivity contribution in [3.63, 3.8) is 0 Å². The molecule has 0 aliphatic heterocycles. The Morgan fingerprint density at radius 1 is 0.692 bits per heavy atom. The highest BCUT2D eigenvalue weighted by Gasteiger charge is 2.24. The zero-order chi connectivity index (χ0) is 26.7. The van der Waals surface area contributed by atoms with E-state index in [1.165, 1.54) is 21.5 Å². The smallest absolute Gasteiger partial charge is 0.149 e. The van der Waals surface area contributed by atoms with E-state index in [1.807, 2.05) is 0 Å². The maximum atomic E-state index is 11.9. The van der Waals surface area contributed by atoms with E-state index < -0.39 is 0 Å². The number of phenolic OH excluding ortho intramolecular Hbond substituents is 1. The lowest BCUT2D eigenvalue weighted by Gasteiger charge is -2.23. The van der Waals surface area contributed by atoms with Crippen LogP contribution < -0.4 is 0 Å². The van der Waals surface area contributed by atoms with E-state index in [-0.39, 0.29) is 11.2 Å². The van der Waals surface area contributed by atoms with Crippen LogP contribution >= 0.6 is 11.3 Å². The number of aromatic hydroxyl groups is 1. The Hall–Kier alpha value is -4.41. The van der Waals surface area contributed by atoms with Gasteiger partial charge in [0.05, 0.1) is 22.4 Å². The maximum Gasteiger partial charge on any atom is 0.149 e. The summed E-state index contributed by atoms with van der Waals surface area (Å²) in [7, 11) is 0. The highest BCUT2D eigenvalue weighted by molar-refractivity contribution is 7.13. The van der Waals surface area contributed by atoms with E-state index in [0.717, 1.165) is 44.1 Å². The molecular weight excluding hydrogens is 496 g/mol. The van der Waals surface area contributed by atoms with Gasteiger partial charge in [0.1, 0.15) is 10.8 Å². The van der Waals surface area contributed by atoms with Gasteiger partial charge < -0.3 is 9.67 Å². The Bertz CT molecular complexity index is 1960. The average Bonchev–Trinajstić information content (AvgIpc) is 3.56. The number of rotatable bonds is 3. The summed E-state index contributed by atoms with van der Waals surface area (Å²) in [6.07, 6.45) is 0. The molecule has 7 rings (SSSR count). The Labute approximate surface area is 231 Å². The van der Waals surface area contributed by atoms with Crippen LogP contribution in [0.25, 0.3) is 60.1 Å². The normalized spacial score (nSPS) is 12.1. The Balaban J connectivity index is 1.48. The van der Waals surface area contributed by atoms with Gasteiger partial charge in [-0.1, -0.05) is 99.6 Å². The van der Waals surface area contributed by atoms with Gasteiger partial charge in [0, 0.05) is 27.3 Å². The third kappa shape index (κ3) is 3.83. The predicted octanol–water partition coefficient (Wildman–Crippen LogP) is 9.73. The number of nitrogens with zero attached hydrogens (tertiary/aromatic N) is 2. The fourth-order valence-corrected chi connectivity index (χ4v) is 6.39. The van der Waals surface area contributed by atoms with E-state index in [4.69, 9.17) is 4.98 Å². The summed E-state index contributed by atoms with van der Waals surface area (Å²) in [5.41, 5.74) is 6.58. The zero-order valence-electron chi connectivity index (χ0n) is 22.1. The van der Waals surface area contributed by atoms with Crippen molar-refractivity contribution in [2.45, 2.75) is 26.2 Å². The lowest BCUT2D eigenvalue weighted by atomic mass is 9.85. The van der Waals surface area contributed by atoms with Crippen LogP contribution in [-0.2, 0) is 5.41 Å². The minimum atomic E-state index is -0.121. The Kier molecular flexibility index (Phi) is 5.36. The van der Waals surface area contributed by atoms with E-state index in [9.17, 15) is 5.11 Å². The van der Waals surface area contributed by atoms with Gasteiger partial charge in [0.2, 0.25) is 0 Å². The molecule has 0 spiro atoms. The molecule has 190 valence electrons. The zero-order valence-corrected chi connectivity index (χ0v) is 23.0. The molecule has 5 aromatic carbocycles. The summed E-state index contributed by atoms with van der Waals surface area (Å²) in [6, 6.07) is 35.8. The van der Waals surface area contributed by atoms with Crippen molar-refractivity contribution in [1.82, 2.24) is 9.55 Å². The number of hydrogen-bond donors (Lipinski definition) is 1. The number of para-hydroxylation sites is 2. The first kappa shape index (κ1) is 23.7. The maximum absolute atomic E-state index is 11.9. The summed E-state index contributed by atoms with van der Waals surface area (Å²) in [4.78, 5) is 5.08. The third-order valence-corrected chi connectivity index (χ3v) is 8.45. The van der Waals surface area contributed by atoms with Crippen LogP contribution in [0.1, 0.15) is 26.3 Å². The van der Waals surface area contributed by atoms with Crippen molar-refractivity contribution in [3.05, 3.63) is 114 Å². The van der Waals surface area contributed by atoms with Crippen LogP contribution in [0.3, 0.4) is 0 Å². The number of fused-ring (bicyclic) bond motifs is 4. The molecule has 1 N–H and O–H groups in total. The molecule has 3 nitrogen and oxygen atoms in total. The molecule has 4 heteroatoms. The van der Waals surface area contributed by atoms with E-state index in [2.05, 4.69) is 134 Å². The number of phenols is 1. The van der Waals surface area contributed by atoms with Crippen LogP contribution in [0.15, 0.2) is 109 Å². The van der Waals surface area contributed by atoms with E-state index >= 15 is 0 Å². The monoisotopic (exact) mass is 524 g/mol. The van der Waals surface area contributed by atoms with Gasteiger partial charge in [-0.25, -0.2) is 4.98 Å². The molecule has 0 saturated carbocycles. The topological polar surface area (TPSA) is 38.1 Å². The minimum absolute atomic E-state index is 0.121. The van der Waals surface area contributed by atoms with Crippen molar-refractivity contribution in [2.24, 2.45) is 0 Å². The minimum Gasteiger partial charge on any atom is -0.505 e. The van der Waals surface area contributed by atoms with E-state index in [1.54, 1.807) is 11.3 Å². The molecule has 2 heterocycles. The first-order valence-corrected chi connectivity index (χ1v) is 14.1. The molecule has 7 aromatic rings. The van der Waals surface area contributed by atoms with Crippen molar-refractivity contribution >= 4 is 43.9 Å². The lowest BCUT2D eigenvalue weighted by Crippen LogP contribution is -2.12.